The molecule has 29 heavy (non-hydrogen) atoms. The fourth-order valence-corrected chi connectivity index (χ4v) is 4.28. The molecule has 0 atom stereocenters. The predicted molar refractivity (Wildman–Crippen MR) is 115 cm³/mol. The summed E-state index contributed by atoms with van der Waals surface area (Å²) in [5.41, 5.74) is 11.0. The summed E-state index contributed by atoms with van der Waals surface area (Å²) in [4.78, 5) is 19.2. The lowest BCUT2D eigenvalue weighted by atomic mass is 9.96. The first-order valence-electron chi connectivity index (χ1n) is 10.2. The highest BCUT2D eigenvalue weighted by Gasteiger charge is 2.16. The number of nitrogens with two attached hydrogens (primary N) is 1. The van der Waals surface area contributed by atoms with E-state index in [0.29, 0.717) is 12.1 Å². The minimum absolute atomic E-state index is 0.224. The fraction of sp³-hybridized carbons (Fsp3) is 0.304. The van der Waals surface area contributed by atoms with Gasteiger partial charge >= 0.3 is 0 Å². The largest absolute Gasteiger partial charge is 0.424 e. The summed E-state index contributed by atoms with van der Waals surface area (Å²) in [6.45, 7) is 0. The molecule has 2 heterocycles. The van der Waals surface area contributed by atoms with Crippen LogP contribution < -0.4 is 11.1 Å². The maximum Gasteiger partial charge on any atom is 0.295 e. The number of primary amides is 1. The molecule has 1 aliphatic carbocycles. The van der Waals surface area contributed by atoms with Crippen LogP contribution >= 0.6 is 0 Å². The maximum atomic E-state index is 11.3. The number of carbonyl (C=O) groups is 1. The molecule has 0 unspecified atom stereocenters. The summed E-state index contributed by atoms with van der Waals surface area (Å²) < 4.78 is 5.90. The van der Waals surface area contributed by atoms with E-state index in [1.54, 1.807) is 0 Å². The fourth-order valence-electron chi connectivity index (χ4n) is 4.28. The molecule has 0 spiro atoms. The molecule has 2 aromatic carbocycles. The molecular formula is C23H24N4O2. The third-order valence-electron chi connectivity index (χ3n) is 5.79. The van der Waals surface area contributed by atoms with Gasteiger partial charge in [-0.25, -0.2) is 0 Å². The number of hydrogen-bond donors (Lipinski definition) is 3. The van der Waals surface area contributed by atoms with E-state index in [1.165, 1.54) is 32.1 Å². The van der Waals surface area contributed by atoms with Gasteiger partial charge in [-0.05, 0) is 53.8 Å². The molecule has 148 valence electrons. The van der Waals surface area contributed by atoms with Crippen molar-refractivity contribution in [3.05, 3.63) is 48.2 Å². The molecule has 1 aliphatic rings. The molecule has 1 fully saturated rings. The Bertz CT molecular complexity index is 1180. The van der Waals surface area contributed by atoms with Gasteiger partial charge in [-0.1, -0.05) is 31.4 Å². The van der Waals surface area contributed by atoms with Gasteiger partial charge in [0.05, 0.1) is 6.42 Å². The standard InChI is InChI=1S/C23H24N4O2/c24-22(28)12-16-13-25-19-8-6-14(10-18(16)19)15-7-9-21-20(11-15)27-23(29-21)26-17-4-2-1-3-5-17/h6-11,13,17,25H,1-5,12H2,(H2,24,28)(H,26,27). The Morgan fingerprint density at radius 1 is 1.14 bits per heavy atom. The van der Waals surface area contributed by atoms with E-state index in [9.17, 15) is 4.79 Å². The minimum atomic E-state index is -0.335. The molecule has 0 bridgehead atoms. The van der Waals surface area contributed by atoms with E-state index in [4.69, 9.17) is 10.2 Å². The smallest absolute Gasteiger partial charge is 0.295 e. The SMILES string of the molecule is NC(=O)Cc1c[nH]c2ccc(-c3ccc4oc(NC5CCCCC5)nc4c3)cc12. The number of H-pyrrole nitrogens is 1. The zero-order valence-electron chi connectivity index (χ0n) is 16.2. The lowest BCUT2D eigenvalue weighted by Crippen LogP contribution is -2.22. The Kier molecular flexibility index (Phi) is 4.46. The molecule has 6 heteroatoms. The summed E-state index contributed by atoms with van der Waals surface area (Å²) in [6.07, 6.45) is 8.28. The average Bonchev–Trinajstić information content (AvgIpc) is 3.31. The van der Waals surface area contributed by atoms with Crippen molar-refractivity contribution in [3.8, 4) is 11.1 Å². The highest BCUT2D eigenvalue weighted by molar-refractivity contribution is 5.92. The third-order valence-corrected chi connectivity index (χ3v) is 5.79. The number of nitrogens with zero attached hydrogens (tertiary/aromatic N) is 1. The average molecular weight is 388 g/mol. The summed E-state index contributed by atoms with van der Waals surface area (Å²) in [5.74, 6) is -0.335. The third kappa shape index (κ3) is 3.58. The van der Waals surface area contributed by atoms with E-state index in [0.717, 1.165) is 38.7 Å². The number of aromatic nitrogens is 2. The zero-order valence-corrected chi connectivity index (χ0v) is 16.2. The van der Waals surface area contributed by atoms with Crippen LogP contribution in [0.15, 0.2) is 47.0 Å². The molecule has 1 saturated carbocycles. The van der Waals surface area contributed by atoms with Gasteiger partial charge in [-0.2, -0.15) is 4.98 Å². The van der Waals surface area contributed by atoms with Crippen LogP contribution in [0.25, 0.3) is 33.1 Å². The first kappa shape index (κ1) is 17.8. The second-order valence-corrected chi connectivity index (χ2v) is 7.90. The molecule has 0 saturated heterocycles. The number of hydrogen-bond acceptors (Lipinski definition) is 4. The minimum Gasteiger partial charge on any atom is -0.424 e. The van der Waals surface area contributed by atoms with E-state index < -0.39 is 0 Å². The van der Waals surface area contributed by atoms with Crippen LogP contribution in [0.2, 0.25) is 0 Å². The Morgan fingerprint density at radius 3 is 2.76 bits per heavy atom. The van der Waals surface area contributed by atoms with E-state index in [2.05, 4.69) is 27.4 Å². The Hall–Kier alpha value is -3.28. The lowest BCUT2D eigenvalue weighted by molar-refractivity contribution is -0.117. The number of fused-ring (bicyclic) bond motifs is 2. The molecule has 2 aromatic heterocycles. The number of oxazole rings is 1. The van der Waals surface area contributed by atoms with Crippen LogP contribution in [-0.2, 0) is 11.2 Å². The van der Waals surface area contributed by atoms with Crippen molar-refractivity contribution in [2.75, 3.05) is 5.32 Å². The molecule has 0 radical (unpaired) electrons. The van der Waals surface area contributed by atoms with Gasteiger partial charge in [0.15, 0.2) is 5.58 Å². The van der Waals surface area contributed by atoms with Crippen molar-refractivity contribution in [2.45, 2.75) is 44.6 Å². The Labute approximate surface area is 168 Å². The van der Waals surface area contributed by atoms with Gasteiger partial charge in [0.2, 0.25) is 5.91 Å². The summed E-state index contributed by atoms with van der Waals surface area (Å²) in [5, 5.41) is 4.47. The zero-order chi connectivity index (χ0) is 19.8. The van der Waals surface area contributed by atoms with E-state index >= 15 is 0 Å². The van der Waals surface area contributed by atoms with Crippen LogP contribution in [0.1, 0.15) is 37.7 Å². The highest BCUT2D eigenvalue weighted by atomic mass is 16.4. The van der Waals surface area contributed by atoms with Gasteiger partial charge in [-0.15, -0.1) is 0 Å². The number of nitrogens with one attached hydrogen (secondary N) is 2. The van der Waals surface area contributed by atoms with Crippen LogP contribution in [0.3, 0.4) is 0 Å². The van der Waals surface area contributed by atoms with Crippen LogP contribution in [0.5, 0.6) is 0 Å². The van der Waals surface area contributed by atoms with Gasteiger partial charge in [0.25, 0.3) is 6.01 Å². The molecule has 1 amide bonds. The molecule has 6 nitrogen and oxygen atoms in total. The molecule has 5 rings (SSSR count). The molecule has 4 aromatic rings. The molecular weight excluding hydrogens is 364 g/mol. The topological polar surface area (TPSA) is 96.9 Å². The number of rotatable bonds is 5. The second-order valence-electron chi connectivity index (χ2n) is 7.90. The number of aromatic amines is 1. The Balaban J connectivity index is 1.45. The molecule has 4 N–H and O–H groups in total. The summed E-state index contributed by atoms with van der Waals surface area (Å²) in [7, 11) is 0. The first-order chi connectivity index (χ1) is 14.2. The van der Waals surface area contributed by atoms with E-state index in [1.807, 2.05) is 30.5 Å². The monoisotopic (exact) mass is 388 g/mol. The number of carbonyl (C=O) groups excluding carboxylic acids is 1. The van der Waals surface area contributed by atoms with E-state index in [-0.39, 0.29) is 12.3 Å². The predicted octanol–water partition coefficient (Wildman–Crippen LogP) is 4.75. The van der Waals surface area contributed by atoms with Crippen molar-refractivity contribution >= 4 is 33.9 Å². The molecule has 0 aliphatic heterocycles. The first-order valence-corrected chi connectivity index (χ1v) is 10.2. The van der Waals surface area contributed by atoms with Crippen molar-refractivity contribution < 1.29 is 9.21 Å². The summed E-state index contributed by atoms with van der Waals surface area (Å²) >= 11 is 0. The van der Waals surface area contributed by atoms with Gasteiger partial charge in [0.1, 0.15) is 5.52 Å². The maximum absolute atomic E-state index is 11.3. The van der Waals surface area contributed by atoms with Crippen LogP contribution in [0.4, 0.5) is 6.01 Å². The van der Waals surface area contributed by atoms with Gasteiger partial charge < -0.3 is 20.5 Å². The van der Waals surface area contributed by atoms with Crippen molar-refractivity contribution in [1.29, 1.82) is 0 Å². The highest BCUT2D eigenvalue weighted by Crippen LogP contribution is 2.30. The second kappa shape index (κ2) is 7.28. The Morgan fingerprint density at radius 2 is 1.93 bits per heavy atom. The van der Waals surface area contributed by atoms with Gasteiger partial charge in [0, 0.05) is 23.1 Å². The van der Waals surface area contributed by atoms with Crippen LogP contribution in [0, 0.1) is 0 Å². The van der Waals surface area contributed by atoms with Crippen molar-refractivity contribution in [2.24, 2.45) is 5.73 Å². The quantitative estimate of drug-likeness (QED) is 0.460. The van der Waals surface area contributed by atoms with Gasteiger partial charge in [-0.3, -0.25) is 4.79 Å². The van der Waals surface area contributed by atoms with Crippen molar-refractivity contribution in [1.82, 2.24) is 9.97 Å². The lowest BCUT2D eigenvalue weighted by Gasteiger charge is -2.21. The number of anilines is 1. The summed E-state index contributed by atoms with van der Waals surface area (Å²) in [6, 6.07) is 13.3. The normalized spacial score (nSPS) is 15.2. The number of benzene rings is 2. The number of amides is 1. The van der Waals surface area contributed by atoms with Crippen LogP contribution in [-0.4, -0.2) is 21.9 Å². The van der Waals surface area contributed by atoms with Crippen molar-refractivity contribution in [3.63, 3.8) is 0 Å².